The lowest BCUT2D eigenvalue weighted by molar-refractivity contribution is 0.309. The first-order chi connectivity index (χ1) is 8.35. The Bertz CT molecular complexity index is 470. The smallest absolute Gasteiger partial charge is 0.234 e. The first-order valence-corrected chi connectivity index (χ1v) is 7.99. The maximum atomic E-state index is 12.3. The SMILES string of the molecule is CCN(CC)CC(Cl)(Cl)S(=O)(=O)c1ccccc1. The van der Waals surface area contributed by atoms with Crippen molar-refractivity contribution in [3.63, 3.8) is 0 Å². The predicted octanol–water partition coefficient (Wildman–Crippen LogP) is 2.93. The van der Waals surface area contributed by atoms with Crippen LogP contribution in [0.15, 0.2) is 35.2 Å². The second-order valence-corrected chi connectivity index (χ2v) is 8.02. The van der Waals surface area contributed by atoms with Crippen molar-refractivity contribution >= 4 is 33.0 Å². The van der Waals surface area contributed by atoms with Crippen LogP contribution >= 0.6 is 23.2 Å². The third-order valence-corrected chi connectivity index (χ3v) is 6.01. The average Bonchev–Trinajstić information content (AvgIpc) is 2.36. The van der Waals surface area contributed by atoms with Gasteiger partial charge in [-0.15, -0.1) is 0 Å². The van der Waals surface area contributed by atoms with E-state index in [0.717, 1.165) is 0 Å². The Kier molecular flexibility index (Phi) is 5.46. The molecule has 0 aliphatic carbocycles. The van der Waals surface area contributed by atoms with E-state index in [2.05, 4.69) is 0 Å². The monoisotopic (exact) mass is 309 g/mol. The second-order valence-electron chi connectivity index (χ2n) is 3.92. The van der Waals surface area contributed by atoms with Crippen molar-refractivity contribution in [2.24, 2.45) is 0 Å². The van der Waals surface area contributed by atoms with Crippen molar-refractivity contribution < 1.29 is 8.42 Å². The summed E-state index contributed by atoms with van der Waals surface area (Å²) in [5.74, 6) is 0. The van der Waals surface area contributed by atoms with Crippen LogP contribution in [-0.4, -0.2) is 36.6 Å². The number of benzene rings is 1. The van der Waals surface area contributed by atoms with Gasteiger partial charge < -0.3 is 0 Å². The van der Waals surface area contributed by atoms with Gasteiger partial charge in [0.2, 0.25) is 13.5 Å². The second kappa shape index (κ2) is 6.24. The summed E-state index contributed by atoms with van der Waals surface area (Å²) in [6, 6.07) is 8.03. The number of hydrogen-bond donors (Lipinski definition) is 0. The Balaban J connectivity index is 3.04. The zero-order valence-corrected chi connectivity index (χ0v) is 12.8. The van der Waals surface area contributed by atoms with Crippen LogP contribution in [0.25, 0.3) is 0 Å². The van der Waals surface area contributed by atoms with E-state index >= 15 is 0 Å². The molecule has 0 bridgehead atoms. The van der Waals surface area contributed by atoms with Gasteiger partial charge >= 0.3 is 0 Å². The Morgan fingerprint density at radius 1 is 1.11 bits per heavy atom. The van der Waals surface area contributed by atoms with E-state index in [1.165, 1.54) is 12.1 Å². The van der Waals surface area contributed by atoms with Gasteiger partial charge in [0.15, 0.2) is 0 Å². The molecule has 1 rings (SSSR count). The van der Waals surface area contributed by atoms with E-state index in [1.54, 1.807) is 18.2 Å². The molecule has 0 atom stereocenters. The molecule has 0 fully saturated rings. The van der Waals surface area contributed by atoms with E-state index in [-0.39, 0.29) is 11.4 Å². The maximum absolute atomic E-state index is 12.3. The molecule has 0 radical (unpaired) electrons. The van der Waals surface area contributed by atoms with Crippen molar-refractivity contribution in [3.8, 4) is 0 Å². The lowest BCUT2D eigenvalue weighted by Crippen LogP contribution is -2.40. The highest BCUT2D eigenvalue weighted by molar-refractivity contribution is 7.95. The lowest BCUT2D eigenvalue weighted by Gasteiger charge is -2.27. The molecule has 0 amide bonds. The van der Waals surface area contributed by atoms with Gasteiger partial charge in [-0.1, -0.05) is 55.2 Å². The summed E-state index contributed by atoms with van der Waals surface area (Å²) in [6.07, 6.45) is 0. The topological polar surface area (TPSA) is 37.4 Å². The molecule has 1 aromatic carbocycles. The van der Waals surface area contributed by atoms with Gasteiger partial charge in [0.05, 0.1) is 4.90 Å². The molecular weight excluding hydrogens is 293 g/mol. The fourth-order valence-electron chi connectivity index (χ4n) is 1.56. The van der Waals surface area contributed by atoms with E-state index in [0.29, 0.717) is 13.1 Å². The number of halogens is 2. The number of hydrogen-bond acceptors (Lipinski definition) is 3. The molecule has 0 N–H and O–H groups in total. The molecule has 0 aromatic heterocycles. The van der Waals surface area contributed by atoms with E-state index < -0.39 is 13.5 Å². The minimum atomic E-state index is -3.76. The van der Waals surface area contributed by atoms with Crippen LogP contribution in [0.5, 0.6) is 0 Å². The number of sulfone groups is 1. The molecule has 18 heavy (non-hydrogen) atoms. The molecule has 0 saturated heterocycles. The molecule has 102 valence electrons. The van der Waals surface area contributed by atoms with Gasteiger partial charge in [-0.05, 0) is 25.2 Å². The van der Waals surface area contributed by atoms with E-state index in [9.17, 15) is 8.42 Å². The normalized spacial score (nSPS) is 12.9. The Hall–Kier alpha value is -0.290. The van der Waals surface area contributed by atoms with Gasteiger partial charge in [0.1, 0.15) is 0 Å². The predicted molar refractivity (Wildman–Crippen MR) is 75.9 cm³/mol. The fourth-order valence-corrected chi connectivity index (χ4v) is 3.65. The van der Waals surface area contributed by atoms with Gasteiger partial charge in [0, 0.05) is 6.54 Å². The summed E-state index contributed by atoms with van der Waals surface area (Å²) in [6.45, 7) is 5.34. The maximum Gasteiger partial charge on any atom is 0.234 e. The van der Waals surface area contributed by atoms with Crippen LogP contribution in [0.4, 0.5) is 0 Å². The zero-order valence-electron chi connectivity index (χ0n) is 10.4. The summed E-state index contributed by atoms with van der Waals surface area (Å²) >= 11 is 12.1. The molecule has 0 spiro atoms. The molecule has 3 nitrogen and oxygen atoms in total. The summed E-state index contributed by atoms with van der Waals surface area (Å²) in [5, 5.41) is 0. The average molecular weight is 310 g/mol. The quantitative estimate of drug-likeness (QED) is 0.758. The van der Waals surface area contributed by atoms with Gasteiger partial charge in [-0.3, -0.25) is 4.90 Å². The molecule has 0 saturated carbocycles. The molecule has 6 heteroatoms. The molecular formula is C12H17Cl2NO2S. The molecule has 1 aromatic rings. The van der Waals surface area contributed by atoms with Crippen molar-refractivity contribution in [3.05, 3.63) is 30.3 Å². The van der Waals surface area contributed by atoms with Crippen molar-refractivity contribution in [2.45, 2.75) is 22.4 Å². The van der Waals surface area contributed by atoms with Crippen LogP contribution < -0.4 is 0 Å². The molecule has 0 aliphatic rings. The minimum absolute atomic E-state index is 0.0837. The largest absolute Gasteiger partial charge is 0.300 e. The van der Waals surface area contributed by atoms with Crippen LogP contribution in [0, 0.1) is 0 Å². The first kappa shape index (κ1) is 15.8. The summed E-state index contributed by atoms with van der Waals surface area (Å²) in [7, 11) is -3.76. The number of rotatable bonds is 6. The summed E-state index contributed by atoms with van der Waals surface area (Å²) in [4.78, 5) is 2.02. The minimum Gasteiger partial charge on any atom is -0.300 e. The third kappa shape index (κ3) is 3.38. The number of nitrogens with zero attached hydrogens (tertiary/aromatic N) is 1. The van der Waals surface area contributed by atoms with Crippen LogP contribution in [0.3, 0.4) is 0 Å². The molecule has 0 heterocycles. The molecule has 0 aliphatic heterocycles. The zero-order chi connectivity index (χ0) is 13.8. The Morgan fingerprint density at radius 3 is 2.06 bits per heavy atom. The van der Waals surface area contributed by atoms with Gasteiger partial charge in [-0.25, -0.2) is 8.42 Å². The van der Waals surface area contributed by atoms with Crippen molar-refractivity contribution in [2.75, 3.05) is 19.6 Å². The Labute approximate surface area is 119 Å². The third-order valence-electron chi connectivity index (χ3n) is 2.75. The van der Waals surface area contributed by atoms with E-state index in [1.807, 2.05) is 18.7 Å². The standard InChI is InChI=1S/C12H17Cl2NO2S/c1-3-15(4-2)10-12(13,14)18(16,17)11-8-6-5-7-9-11/h5-9H,3-4,10H2,1-2H3. The van der Waals surface area contributed by atoms with Crippen LogP contribution in [-0.2, 0) is 9.84 Å². The van der Waals surface area contributed by atoms with Crippen LogP contribution in [0.2, 0.25) is 0 Å². The van der Waals surface area contributed by atoms with Gasteiger partial charge in [0.25, 0.3) is 0 Å². The van der Waals surface area contributed by atoms with Gasteiger partial charge in [-0.2, -0.15) is 0 Å². The Morgan fingerprint density at radius 2 is 1.61 bits per heavy atom. The van der Waals surface area contributed by atoms with Crippen LogP contribution in [0.1, 0.15) is 13.8 Å². The highest BCUT2D eigenvalue weighted by Gasteiger charge is 2.42. The van der Waals surface area contributed by atoms with Crippen molar-refractivity contribution in [1.29, 1.82) is 0 Å². The first-order valence-electron chi connectivity index (χ1n) is 5.75. The van der Waals surface area contributed by atoms with Crippen molar-refractivity contribution in [1.82, 2.24) is 4.90 Å². The van der Waals surface area contributed by atoms with E-state index in [4.69, 9.17) is 23.2 Å². The fraction of sp³-hybridized carbons (Fsp3) is 0.500. The summed E-state index contributed by atoms with van der Waals surface area (Å²) in [5.41, 5.74) is 0. The summed E-state index contributed by atoms with van der Waals surface area (Å²) < 4.78 is 22.8. The molecule has 0 unspecified atom stereocenters. The highest BCUT2D eigenvalue weighted by Crippen LogP contribution is 2.34. The lowest BCUT2D eigenvalue weighted by atomic mass is 10.4. The highest BCUT2D eigenvalue weighted by atomic mass is 35.5. The number of alkyl halides is 2.